The highest BCUT2D eigenvalue weighted by atomic mass is 16.6. The number of methoxy groups -OCH3 is 1. The van der Waals surface area contributed by atoms with Crippen molar-refractivity contribution in [3.8, 4) is 11.5 Å². The molecule has 0 bridgehead atoms. The molecule has 1 fully saturated rings. The Morgan fingerprint density at radius 3 is 2.63 bits per heavy atom. The van der Waals surface area contributed by atoms with Crippen molar-refractivity contribution in [2.24, 2.45) is 0 Å². The molecule has 1 aromatic carbocycles. The highest BCUT2D eigenvalue weighted by Crippen LogP contribution is 2.36. The Bertz CT molecular complexity index is 685. The van der Waals surface area contributed by atoms with Gasteiger partial charge in [0.2, 0.25) is 0 Å². The van der Waals surface area contributed by atoms with Gasteiger partial charge in [-0.2, -0.15) is 0 Å². The summed E-state index contributed by atoms with van der Waals surface area (Å²) >= 11 is 0. The number of hydrogen-bond acceptors (Lipinski definition) is 7. The van der Waals surface area contributed by atoms with Crippen molar-refractivity contribution >= 4 is 17.6 Å². The van der Waals surface area contributed by atoms with Gasteiger partial charge >= 0.3 is 5.97 Å². The van der Waals surface area contributed by atoms with Crippen LogP contribution in [0.1, 0.15) is 25.3 Å². The first kappa shape index (κ1) is 19.4. The third kappa shape index (κ3) is 5.11. The molecule has 2 atom stereocenters. The summed E-state index contributed by atoms with van der Waals surface area (Å²) in [6, 6.07) is 3.36. The molecular weight excluding hydrogens is 354 g/mol. The quantitative estimate of drug-likeness (QED) is 0.721. The molecule has 0 spiro atoms. The number of amides is 1. The largest absolute Gasteiger partial charge is 0.486 e. The van der Waals surface area contributed by atoms with E-state index in [1.165, 1.54) is 7.11 Å². The Labute approximate surface area is 158 Å². The van der Waals surface area contributed by atoms with E-state index in [0.717, 1.165) is 19.4 Å². The van der Waals surface area contributed by atoms with Gasteiger partial charge in [0.25, 0.3) is 5.91 Å². The molecule has 1 aromatic rings. The maximum atomic E-state index is 12.5. The van der Waals surface area contributed by atoms with Gasteiger partial charge in [-0.25, -0.2) is 0 Å². The zero-order valence-corrected chi connectivity index (χ0v) is 15.6. The lowest BCUT2D eigenvalue weighted by Crippen LogP contribution is -2.31. The monoisotopic (exact) mass is 379 g/mol. The van der Waals surface area contributed by atoms with Gasteiger partial charge in [-0.15, -0.1) is 0 Å². The number of fused-ring (bicyclic) bond motifs is 1. The van der Waals surface area contributed by atoms with E-state index in [0.29, 0.717) is 42.6 Å². The van der Waals surface area contributed by atoms with E-state index in [1.54, 1.807) is 19.1 Å². The molecule has 1 amide bonds. The van der Waals surface area contributed by atoms with Crippen molar-refractivity contribution in [2.45, 2.75) is 38.4 Å². The topological polar surface area (TPSA) is 92.3 Å². The predicted molar refractivity (Wildman–Crippen MR) is 96.2 cm³/mol. The Balaban J connectivity index is 1.69. The Hall–Kier alpha value is -2.32. The van der Waals surface area contributed by atoms with Crippen molar-refractivity contribution in [1.82, 2.24) is 0 Å². The molecule has 8 heteroatoms. The molecule has 0 aliphatic carbocycles. The maximum absolute atomic E-state index is 12.5. The van der Waals surface area contributed by atoms with Crippen LogP contribution in [0.2, 0.25) is 0 Å². The van der Waals surface area contributed by atoms with Gasteiger partial charge in [0.15, 0.2) is 11.5 Å². The van der Waals surface area contributed by atoms with Gasteiger partial charge in [-0.05, 0) is 31.4 Å². The Morgan fingerprint density at radius 1 is 1.22 bits per heavy atom. The van der Waals surface area contributed by atoms with E-state index < -0.39 is 12.1 Å². The lowest BCUT2D eigenvalue weighted by atomic mass is 10.1. The number of nitrogens with one attached hydrogen (secondary N) is 1. The minimum atomic E-state index is -0.659. The van der Waals surface area contributed by atoms with E-state index in [1.807, 2.05) is 0 Å². The number of benzene rings is 1. The first-order chi connectivity index (χ1) is 13.1. The SMILES string of the molecule is COC(=O)Cc1cc2c(cc1NC(=O)C(C)OCC1CCCO1)OCCO2. The summed E-state index contributed by atoms with van der Waals surface area (Å²) in [5.74, 6) is 0.347. The van der Waals surface area contributed by atoms with Crippen LogP contribution in [0.4, 0.5) is 5.69 Å². The Kier molecular flexibility index (Phi) is 6.52. The van der Waals surface area contributed by atoms with Crippen molar-refractivity contribution in [3.05, 3.63) is 17.7 Å². The van der Waals surface area contributed by atoms with E-state index >= 15 is 0 Å². The summed E-state index contributed by atoms with van der Waals surface area (Å²) in [6.07, 6.45) is 1.36. The first-order valence-electron chi connectivity index (χ1n) is 9.10. The van der Waals surface area contributed by atoms with E-state index in [9.17, 15) is 9.59 Å². The second-order valence-corrected chi connectivity index (χ2v) is 6.51. The molecule has 1 N–H and O–H groups in total. The molecule has 3 rings (SSSR count). The molecular formula is C19H25NO7. The maximum Gasteiger partial charge on any atom is 0.310 e. The number of ether oxygens (including phenoxy) is 5. The van der Waals surface area contributed by atoms with Crippen molar-refractivity contribution in [2.75, 3.05) is 38.9 Å². The minimum absolute atomic E-state index is 0.00784. The summed E-state index contributed by atoms with van der Waals surface area (Å²) in [6.45, 7) is 3.66. The van der Waals surface area contributed by atoms with E-state index in [4.69, 9.17) is 23.7 Å². The zero-order valence-electron chi connectivity index (χ0n) is 15.6. The third-order valence-corrected chi connectivity index (χ3v) is 4.51. The minimum Gasteiger partial charge on any atom is -0.486 e. The van der Waals surface area contributed by atoms with Gasteiger partial charge in [0.05, 0.1) is 26.2 Å². The lowest BCUT2D eigenvalue weighted by Gasteiger charge is -2.22. The summed E-state index contributed by atoms with van der Waals surface area (Å²) < 4.78 is 27.0. The molecule has 0 radical (unpaired) electrons. The number of hydrogen-bond donors (Lipinski definition) is 1. The summed E-state index contributed by atoms with van der Waals surface area (Å²) in [7, 11) is 1.32. The predicted octanol–water partition coefficient (Wildman–Crippen LogP) is 1.70. The summed E-state index contributed by atoms with van der Waals surface area (Å²) in [5.41, 5.74) is 1.06. The van der Waals surface area contributed by atoms with Gasteiger partial charge < -0.3 is 29.0 Å². The van der Waals surface area contributed by atoms with Crippen LogP contribution in [-0.4, -0.2) is 57.6 Å². The normalized spacial score (nSPS) is 19.4. The number of rotatable bonds is 7. The molecule has 1 saturated heterocycles. The Morgan fingerprint density at radius 2 is 1.96 bits per heavy atom. The summed E-state index contributed by atoms with van der Waals surface area (Å²) in [4.78, 5) is 24.3. The second kappa shape index (κ2) is 9.05. The van der Waals surface area contributed by atoms with Gasteiger partial charge in [0, 0.05) is 18.4 Å². The number of carbonyl (C=O) groups is 2. The van der Waals surface area contributed by atoms with Crippen LogP contribution in [0.25, 0.3) is 0 Å². The molecule has 2 heterocycles. The molecule has 27 heavy (non-hydrogen) atoms. The fourth-order valence-electron chi connectivity index (χ4n) is 2.96. The van der Waals surface area contributed by atoms with Crippen LogP contribution < -0.4 is 14.8 Å². The van der Waals surface area contributed by atoms with Crippen LogP contribution in [0.5, 0.6) is 11.5 Å². The van der Waals surface area contributed by atoms with Crippen LogP contribution >= 0.6 is 0 Å². The van der Waals surface area contributed by atoms with Gasteiger partial charge in [0.1, 0.15) is 19.3 Å². The first-order valence-corrected chi connectivity index (χ1v) is 9.10. The molecule has 148 valence electrons. The second-order valence-electron chi connectivity index (χ2n) is 6.51. The van der Waals surface area contributed by atoms with E-state index in [-0.39, 0.29) is 18.4 Å². The van der Waals surface area contributed by atoms with Crippen LogP contribution in [-0.2, 0) is 30.2 Å². The molecule has 2 aliphatic rings. The third-order valence-electron chi connectivity index (χ3n) is 4.51. The fourth-order valence-corrected chi connectivity index (χ4v) is 2.96. The van der Waals surface area contributed by atoms with Crippen molar-refractivity contribution in [3.63, 3.8) is 0 Å². The smallest absolute Gasteiger partial charge is 0.310 e. The zero-order chi connectivity index (χ0) is 19.2. The summed E-state index contributed by atoms with van der Waals surface area (Å²) in [5, 5.41) is 2.82. The standard InChI is InChI=1S/C19H25NO7/c1-12(27-11-14-4-3-5-24-14)19(22)20-15-10-17-16(25-6-7-26-17)8-13(15)9-18(21)23-2/h8,10,12,14H,3-7,9,11H2,1-2H3,(H,20,22). The fraction of sp³-hybridized carbons (Fsp3) is 0.579. The average molecular weight is 379 g/mol. The van der Waals surface area contributed by atoms with Crippen LogP contribution in [0.3, 0.4) is 0 Å². The molecule has 0 saturated carbocycles. The number of anilines is 1. The van der Waals surface area contributed by atoms with Gasteiger partial charge in [-0.1, -0.05) is 0 Å². The molecule has 2 unspecified atom stereocenters. The van der Waals surface area contributed by atoms with Crippen LogP contribution in [0, 0.1) is 0 Å². The molecule has 0 aromatic heterocycles. The highest BCUT2D eigenvalue weighted by molar-refractivity contribution is 5.95. The van der Waals surface area contributed by atoms with Gasteiger partial charge in [-0.3, -0.25) is 9.59 Å². The number of carbonyl (C=O) groups excluding carboxylic acids is 2. The average Bonchev–Trinajstić information content (AvgIpc) is 3.19. The van der Waals surface area contributed by atoms with Crippen LogP contribution in [0.15, 0.2) is 12.1 Å². The van der Waals surface area contributed by atoms with Crippen molar-refractivity contribution < 1.29 is 33.3 Å². The lowest BCUT2D eigenvalue weighted by molar-refractivity contribution is -0.139. The molecule has 2 aliphatic heterocycles. The highest BCUT2D eigenvalue weighted by Gasteiger charge is 2.23. The van der Waals surface area contributed by atoms with Crippen molar-refractivity contribution in [1.29, 1.82) is 0 Å². The number of esters is 1. The molecule has 8 nitrogen and oxygen atoms in total. The van der Waals surface area contributed by atoms with E-state index in [2.05, 4.69) is 5.32 Å².